The Balaban J connectivity index is 1.36. The van der Waals surface area contributed by atoms with Crippen LogP contribution in [0.15, 0.2) is 35.3 Å². The molecule has 0 radical (unpaired) electrons. The zero-order chi connectivity index (χ0) is 28.6. The van der Waals surface area contributed by atoms with Crippen molar-refractivity contribution in [3.05, 3.63) is 63.5 Å². The van der Waals surface area contributed by atoms with Gasteiger partial charge in [0, 0.05) is 54.8 Å². The van der Waals surface area contributed by atoms with E-state index in [0.717, 1.165) is 50.5 Å². The largest absolute Gasteiger partial charge is 0.361 e. The molecule has 0 spiro atoms. The minimum absolute atomic E-state index is 0.0810. The first kappa shape index (κ1) is 28.1. The van der Waals surface area contributed by atoms with Crippen LogP contribution in [0.3, 0.4) is 0 Å². The molecule has 2 saturated heterocycles. The molecule has 1 N–H and O–H groups in total. The minimum atomic E-state index is -2.93. The van der Waals surface area contributed by atoms with Crippen LogP contribution in [0.4, 0.5) is 19.0 Å². The normalized spacial score (nSPS) is 18.4. The molecule has 11 heteroatoms. The number of alkyl halides is 2. The van der Waals surface area contributed by atoms with Gasteiger partial charge in [-0.3, -0.25) is 14.6 Å². The molecule has 2 aliphatic rings. The quantitative estimate of drug-likeness (QED) is 0.477. The van der Waals surface area contributed by atoms with Gasteiger partial charge in [0.25, 0.3) is 12.0 Å². The molecule has 1 amide bonds. The molecule has 0 unspecified atom stereocenters. The number of hydrogen-bond donors (Lipinski definition) is 1. The molecule has 40 heavy (non-hydrogen) atoms. The Labute approximate surface area is 231 Å². The van der Waals surface area contributed by atoms with E-state index in [1.807, 2.05) is 11.0 Å². The lowest BCUT2D eigenvalue weighted by molar-refractivity contribution is -0.138. The molecule has 2 aliphatic heterocycles. The summed E-state index contributed by atoms with van der Waals surface area (Å²) in [5, 5.41) is 8.39. The number of benzene rings is 1. The molecule has 1 aromatic carbocycles. The molecule has 0 bridgehead atoms. The summed E-state index contributed by atoms with van der Waals surface area (Å²) in [5.41, 5.74) is -0.0960. The molecule has 2 fully saturated rings. The van der Waals surface area contributed by atoms with Gasteiger partial charge in [-0.1, -0.05) is 18.2 Å². The third kappa shape index (κ3) is 5.56. The summed E-state index contributed by atoms with van der Waals surface area (Å²) in [7, 11) is 3.60. The zero-order valence-electron chi connectivity index (χ0n) is 23.0. The summed E-state index contributed by atoms with van der Waals surface area (Å²) in [6.07, 6.45) is 1.93. The number of nitrogens with zero attached hydrogens (tertiary/aromatic N) is 5. The van der Waals surface area contributed by atoms with Crippen LogP contribution in [-0.4, -0.2) is 63.7 Å². The van der Waals surface area contributed by atoms with Crippen molar-refractivity contribution in [1.29, 1.82) is 0 Å². The van der Waals surface area contributed by atoms with Gasteiger partial charge >= 0.3 is 0 Å². The first-order valence-corrected chi connectivity index (χ1v) is 13.8. The van der Waals surface area contributed by atoms with Gasteiger partial charge in [0.15, 0.2) is 5.82 Å². The van der Waals surface area contributed by atoms with Crippen LogP contribution in [0.1, 0.15) is 67.8 Å². The summed E-state index contributed by atoms with van der Waals surface area (Å²) < 4.78 is 42.5. The fourth-order valence-electron chi connectivity index (χ4n) is 5.85. The predicted molar refractivity (Wildman–Crippen MR) is 147 cm³/mol. The zero-order valence-corrected chi connectivity index (χ0v) is 23.0. The Kier molecular flexibility index (Phi) is 8.11. The number of hydrogen-bond acceptors (Lipinski definition) is 6. The summed E-state index contributed by atoms with van der Waals surface area (Å²) in [5.74, 6) is -0.175. The second-order valence-electron chi connectivity index (χ2n) is 11.0. The topological polar surface area (TPSA) is 83.4 Å². The molecule has 5 rings (SSSR count). The number of carbonyl (C=O) groups is 1. The van der Waals surface area contributed by atoms with E-state index in [4.69, 9.17) is 0 Å². The van der Waals surface area contributed by atoms with Crippen molar-refractivity contribution in [3.63, 3.8) is 0 Å². The number of anilines is 1. The highest BCUT2D eigenvalue weighted by atomic mass is 19.3. The molecule has 0 aliphatic carbocycles. The summed E-state index contributed by atoms with van der Waals surface area (Å²) in [6, 6.07) is 5.06. The Hall–Kier alpha value is -3.47. The van der Waals surface area contributed by atoms with E-state index >= 15 is 0 Å². The minimum Gasteiger partial charge on any atom is -0.361 e. The van der Waals surface area contributed by atoms with Crippen LogP contribution in [0.2, 0.25) is 0 Å². The van der Waals surface area contributed by atoms with Crippen molar-refractivity contribution in [2.24, 2.45) is 13.0 Å². The van der Waals surface area contributed by atoms with Gasteiger partial charge in [-0.2, -0.15) is 5.10 Å². The first-order valence-electron chi connectivity index (χ1n) is 13.8. The first-order chi connectivity index (χ1) is 19.1. The monoisotopic (exact) mass is 556 g/mol. The number of carbonyl (C=O) groups excluding carboxylic acids is 1. The Morgan fingerprint density at radius 2 is 1.70 bits per heavy atom. The Morgan fingerprint density at radius 3 is 2.38 bits per heavy atom. The van der Waals surface area contributed by atoms with Gasteiger partial charge in [-0.05, 0) is 58.8 Å². The van der Waals surface area contributed by atoms with Crippen molar-refractivity contribution in [1.82, 2.24) is 24.6 Å². The molecule has 3 aromatic rings. The van der Waals surface area contributed by atoms with Gasteiger partial charge in [-0.15, -0.1) is 0 Å². The van der Waals surface area contributed by atoms with Crippen LogP contribution >= 0.6 is 0 Å². The number of piperidine rings is 2. The number of likely N-dealkylation sites (tertiary alicyclic amines) is 2. The Morgan fingerprint density at radius 1 is 1.02 bits per heavy atom. The number of nitrogens with one attached hydrogen (secondary N) is 1. The van der Waals surface area contributed by atoms with Crippen molar-refractivity contribution >= 4 is 22.5 Å². The van der Waals surface area contributed by atoms with Crippen LogP contribution in [0, 0.1) is 11.7 Å². The fraction of sp³-hybridized carbons (Fsp3) is 0.517. The van der Waals surface area contributed by atoms with Crippen molar-refractivity contribution in [3.8, 4) is 0 Å². The van der Waals surface area contributed by atoms with Crippen LogP contribution < -0.4 is 10.9 Å². The highest BCUT2D eigenvalue weighted by molar-refractivity contribution is 5.91. The van der Waals surface area contributed by atoms with E-state index in [-0.39, 0.29) is 28.9 Å². The SMILES string of the molecule is C[C@@H](Nc1nn(C)c(=O)c2cnc(C3CCN(C(=O)C4CCN(C)CC4)CC3)cc12)c1cccc(C(F)F)c1F. The molecule has 1 atom stereocenters. The van der Waals surface area contributed by atoms with E-state index in [0.29, 0.717) is 29.7 Å². The van der Waals surface area contributed by atoms with Crippen molar-refractivity contribution in [2.45, 2.75) is 51.0 Å². The van der Waals surface area contributed by atoms with E-state index in [1.54, 1.807) is 13.1 Å². The number of aryl methyl sites for hydroxylation is 1. The van der Waals surface area contributed by atoms with E-state index < -0.39 is 23.8 Å². The number of amides is 1. The number of aromatic nitrogens is 3. The maximum absolute atomic E-state index is 14.8. The van der Waals surface area contributed by atoms with Crippen LogP contribution in [-0.2, 0) is 11.8 Å². The average Bonchev–Trinajstić information content (AvgIpc) is 2.95. The highest BCUT2D eigenvalue weighted by Gasteiger charge is 2.31. The number of rotatable bonds is 6. The summed E-state index contributed by atoms with van der Waals surface area (Å²) >= 11 is 0. The van der Waals surface area contributed by atoms with E-state index in [9.17, 15) is 22.8 Å². The third-order valence-corrected chi connectivity index (χ3v) is 8.36. The average molecular weight is 557 g/mol. The molecule has 4 heterocycles. The molecule has 2 aromatic heterocycles. The van der Waals surface area contributed by atoms with Crippen LogP contribution in [0.25, 0.3) is 10.8 Å². The summed E-state index contributed by atoms with van der Waals surface area (Å²) in [4.78, 5) is 34.7. The van der Waals surface area contributed by atoms with Crippen molar-refractivity contribution < 1.29 is 18.0 Å². The lowest BCUT2D eigenvalue weighted by Gasteiger charge is -2.36. The fourth-order valence-corrected chi connectivity index (χ4v) is 5.85. The maximum Gasteiger partial charge on any atom is 0.276 e. The van der Waals surface area contributed by atoms with Gasteiger partial charge in [0.2, 0.25) is 5.91 Å². The van der Waals surface area contributed by atoms with Gasteiger partial charge in [-0.25, -0.2) is 17.9 Å². The van der Waals surface area contributed by atoms with Crippen LogP contribution in [0.5, 0.6) is 0 Å². The number of pyridine rings is 1. The maximum atomic E-state index is 14.8. The molecule has 8 nitrogen and oxygen atoms in total. The van der Waals surface area contributed by atoms with Gasteiger partial charge < -0.3 is 15.1 Å². The summed E-state index contributed by atoms with van der Waals surface area (Å²) in [6.45, 7) is 4.87. The van der Waals surface area contributed by atoms with Crippen molar-refractivity contribution in [2.75, 3.05) is 38.5 Å². The third-order valence-electron chi connectivity index (χ3n) is 8.36. The van der Waals surface area contributed by atoms with E-state index in [1.165, 1.54) is 23.9 Å². The Bertz CT molecular complexity index is 1450. The second kappa shape index (κ2) is 11.6. The second-order valence-corrected chi connectivity index (χ2v) is 11.0. The van der Waals surface area contributed by atoms with E-state index in [2.05, 4.69) is 27.3 Å². The highest BCUT2D eigenvalue weighted by Crippen LogP contribution is 2.33. The molecule has 214 valence electrons. The lowest BCUT2D eigenvalue weighted by Crippen LogP contribution is -2.44. The number of fused-ring (bicyclic) bond motifs is 1. The number of halogens is 3. The smallest absolute Gasteiger partial charge is 0.276 e. The molecule has 0 saturated carbocycles. The lowest BCUT2D eigenvalue weighted by atomic mass is 9.90. The molecular weight excluding hydrogens is 521 g/mol. The van der Waals surface area contributed by atoms with Gasteiger partial charge in [0.1, 0.15) is 5.82 Å². The standard InChI is InChI=1S/C29H35F3N6O2/c1-17(20-5-4-6-21(25(20)30)26(31)32)34-27-22-15-24(33-16-23(22)29(40)37(3)35-27)18-9-13-38(14-10-18)28(39)19-7-11-36(2)12-8-19/h4-6,15-19,26H,7-14H2,1-3H3,(H,34,35)/t17-/m1/s1. The molecular formula is C29H35F3N6O2. The predicted octanol–water partition coefficient (Wildman–Crippen LogP) is 4.63. The van der Waals surface area contributed by atoms with Gasteiger partial charge in [0.05, 0.1) is 17.0 Å².